The molecule has 0 radical (unpaired) electrons. The Labute approximate surface area is 273 Å². The Morgan fingerprint density at radius 2 is 1.02 bits per heavy atom. The van der Waals surface area contributed by atoms with E-state index in [9.17, 15) is 9.90 Å². The Morgan fingerprint density at radius 1 is 0.568 bits per heavy atom. The highest BCUT2D eigenvalue weighted by Gasteiger charge is 2.13. The first kappa shape index (κ1) is 42.1. The first-order chi connectivity index (χ1) is 21.7. The fourth-order valence-electron chi connectivity index (χ4n) is 4.84. The first-order valence-electron chi connectivity index (χ1n) is 18.4. The Morgan fingerprint density at radius 3 is 1.57 bits per heavy atom. The zero-order valence-electron chi connectivity index (χ0n) is 28.9. The quantitative estimate of drug-likeness (QED) is 0.0454. The van der Waals surface area contributed by atoms with Gasteiger partial charge in [0, 0.05) is 13.0 Å². The smallest absolute Gasteiger partial charge is 0.306 e. The molecule has 0 aromatic rings. The number of carbonyl (C=O) groups is 1. The van der Waals surface area contributed by atoms with Gasteiger partial charge in [-0.15, -0.1) is 0 Å². The maximum atomic E-state index is 12.1. The van der Waals surface area contributed by atoms with Crippen molar-refractivity contribution < 1.29 is 19.4 Å². The molecule has 0 spiro atoms. The third kappa shape index (κ3) is 34.6. The van der Waals surface area contributed by atoms with Crippen LogP contribution in [0.3, 0.4) is 0 Å². The van der Waals surface area contributed by atoms with Gasteiger partial charge in [-0.1, -0.05) is 139 Å². The monoisotopic (exact) mass is 615 g/mol. The zero-order chi connectivity index (χ0) is 32.0. The van der Waals surface area contributed by atoms with Gasteiger partial charge < -0.3 is 14.6 Å². The predicted octanol–water partition coefficient (Wildman–Crippen LogP) is 11.7. The molecule has 0 aromatic carbocycles. The van der Waals surface area contributed by atoms with Gasteiger partial charge in [0.1, 0.15) is 6.10 Å². The molecule has 44 heavy (non-hydrogen) atoms. The first-order valence-corrected chi connectivity index (χ1v) is 18.4. The van der Waals surface area contributed by atoms with Crippen molar-refractivity contribution in [3.63, 3.8) is 0 Å². The molecule has 0 amide bonds. The van der Waals surface area contributed by atoms with Crippen molar-refractivity contribution in [2.24, 2.45) is 0 Å². The van der Waals surface area contributed by atoms with Crippen LogP contribution in [0.25, 0.3) is 0 Å². The standard InChI is InChI=1S/C40H70O4/c1-3-5-7-9-11-13-15-17-19-20-21-23-25-27-29-31-33-35-40(42)44-39(37-41)38-43-36-34-32-30-28-26-24-22-18-16-14-12-10-8-6-4-2/h5,7,11,13,16-19,21,23,39,41H,3-4,6,8-10,12,14-15,20,22,24-38H2,1-2H3/b7-5-,13-11-,18-16-,19-17-,23-21-. The fraction of sp³-hybridized carbons (Fsp3) is 0.725. The van der Waals surface area contributed by atoms with Gasteiger partial charge in [-0.2, -0.15) is 0 Å². The van der Waals surface area contributed by atoms with E-state index in [1.165, 1.54) is 77.0 Å². The van der Waals surface area contributed by atoms with Crippen LogP contribution < -0.4 is 0 Å². The molecule has 0 saturated carbocycles. The SMILES string of the molecule is CC/C=C\C/C=C\C/C=C\C/C=C\CCCCCCC(=O)OC(CO)COCCCCCCCC/C=C\CCCCCCC. The van der Waals surface area contributed by atoms with E-state index in [0.29, 0.717) is 13.0 Å². The van der Waals surface area contributed by atoms with Crippen molar-refractivity contribution >= 4 is 5.97 Å². The molecule has 0 aliphatic heterocycles. The summed E-state index contributed by atoms with van der Waals surface area (Å²) in [6.45, 7) is 5.17. The van der Waals surface area contributed by atoms with Crippen molar-refractivity contribution in [3.05, 3.63) is 60.8 Å². The molecule has 0 rings (SSSR count). The van der Waals surface area contributed by atoms with Crippen LogP contribution in [0.15, 0.2) is 60.8 Å². The third-order valence-electron chi connectivity index (χ3n) is 7.58. The number of esters is 1. The molecule has 4 nitrogen and oxygen atoms in total. The van der Waals surface area contributed by atoms with Crippen molar-refractivity contribution in [1.82, 2.24) is 0 Å². The van der Waals surface area contributed by atoms with Gasteiger partial charge in [-0.25, -0.2) is 0 Å². The average molecular weight is 615 g/mol. The van der Waals surface area contributed by atoms with Crippen LogP contribution in [0, 0.1) is 0 Å². The molecule has 0 bridgehead atoms. The minimum atomic E-state index is -0.551. The summed E-state index contributed by atoms with van der Waals surface area (Å²) in [5, 5.41) is 9.55. The summed E-state index contributed by atoms with van der Waals surface area (Å²) >= 11 is 0. The van der Waals surface area contributed by atoms with Crippen molar-refractivity contribution in [1.29, 1.82) is 0 Å². The third-order valence-corrected chi connectivity index (χ3v) is 7.58. The second-order valence-electron chi connectivity index (χ2n) is 11.9. The summed E-state index contributed by atoms with van der Waals surface area (Å²) in [6.07, 6.45) is 48.3. The lowest BCUT2D eigenvalue weighted by atomic mass is 10.1. The van der Waals surface area contributed by atoms with Crippen LogP contribution in [0.5, 0.6) is 0 Å². The van der Waals surface area contributed by atoms with Gasteiger partial charge in [-0.3, -0.25) is 4.79 Å². The van der Waals surface area contributed by atoms with Gasteiger partial charge in [0.05, 0.1) is 13.2 Å². The Balaban J connectivity index is 3.53. The number of hydrogen-bond acceptors (Lipinski definition) is 4. The molecule has 254 valence electrons. The van der Waals surface area contributed by atoms with Crippen molar-refractivity contribution in [3.8, 4) is 0 Å². The van der Waals surface area contributed by atoms with Crippen LogP contribution in [0.1, 0.15) is 162 Å². The number of aliphatic hydroxyl groups excluding tert-OH is 1. The highest BCUT2D eigenvalue weighted by molar-refractivity contribution is 5.69. The predicted molar refractivity (Wildman–Crippen MR) is 191 cm³/mol. The lowest BCUT2D eigenvalue weighted by Crippen LogP contribution is -2.27. The van der Waals surface area contributed by atoms with E-state index in [1.807, 2.05) is 0 Å². The Bertz CT molecular complexity index is 734. The maximum Gasteiger partial charge on any atom is 0.306 e. The normalized spacial score (nSPS) is 13.1. The molecule has 1 unspecified atom stereocenters. The maximum absolute atomic E-state index is 12.1. The van der Waals surface area contributed by atoms with Crippen molar-refractivity contribution in [2.75, 3.05) is 19.8 Å². The van der Waals surface area contributed by atoms with E-state index in [-0.39, 0.29) is 19.2 Å². The van der Waals surface area contributed by atoms with Gasteiger partial charge >= 0.3 is 5.97 Å². The second kappa shape index (κ2) is 37.3. The molecule has 0 fully saturated rings. The summed E-state index contributed by atoms with van der Waals surface area (Å²) in [7, 11) is 0. The van der Waals surface area contributed by atoms with E-state index in [2.05, 4.69) is 74.6 Å². The summed E-state index contributed by atoms with van der Waals surface area (Å²) in [4.78, 5) is 12.1. The molecule has 0 saturated heterocycles. The van der Waals surface area contributed by atoms with Crippen molar-refractivity contribution in [2.45, 2.75) is 168 Å². The zero-order valence-corrected chi connectivity index (χ0v) is 28.9. The van der Waals surface area contributed by atoms with Crippen LogP contribution in [-0.2, 0) is 14.3 Å². The van der Waals surface area contributed by atoms with E-state index < -0.39 is 6.10 Å². The number of rotatable bonds is 33. The summed E-state index contributed by atoms with van der Waals surface area (Å²) in [6, 6.07) is 0. The van der Waals surface area contributed by atoms with E-state index in [4.69, 9.17) is 9.47 Å². The second-order valence-corrected chi connectivity index (χ2v) is 11.9. The van der Waals surface area contributed by atoms with Crippen LogP contribution in [0.2, 0.25) is 0 Å². The highest BCUT2D eigenvalue weighted by Crippen LogP contribution is 2.11. The number of hydrogen-bond donors (Lipinski definition) is 1. The van der Waals surface area contributed by atoms with E-state index in [1.54, 1.807) is 0 Å². The molecular weight excluding hydrogens is 544 g/mol. The lowest BCUT2D eigenvalue weighted by molar-refractivity contribution is -0.154. The highest BCUT2D eigenvalue weighted by atomic mass is 16.6. The average Bonchev–Trinajstić information content (AvgIpc) is 3.03. The number of unbranched alkanes of at least 4 members (excludes halogenated alkanes) is 15. The molecule has 1 atom stereocenters. The Kier molecular flexibility index (Phi) is 35.7. The summed E-state index contributed by atoms with van der Waals surface area (Å²) < 4.78 is 11.1. The molecule has 1 N–H and O–H groups in total. The van der Waals surface area contributed by atoms with E-state index in [0.717, 1.165) is 64.2 Å². The van der Waals surface area contributed by atoms with Crippen LogP contribution in [0.4, 0.5) is 0 Å². The fourth-order valence-corrected chi connectivity index (χ4v) is 4.84. The topological polar surface area (TPSA) is 55.8 Å². The molecule has 0 aromatic heterocycles. The van der Waals surface area contributed by atoms with E-state index >= 15 is 0 Å². The minimum absolute atomic E-state index is 0.187. The molecule has 0 aliphatic carbocycles. The summed E-state index contributed by atoms with van der Waals surface area (Å²) in [5.74, 6) is -0.228. The lowest BCUT2D eigenvalue weighted by Gasteiger charge is -2.15. The molecule has 0 heterocycles. The van der Waals surface area contributed by atoms with Gasteiger partial charge in [0.25, 0.3) is 0 Å². The van der Waals surface area contributed by atoms with Crippen LogP contribution >= 0.6 is 0 Å². The number of carbonyl (C=O) groups excluding carboxylic acids is 1. The van der Waals surface area contributed by atoms with Crippen LogP contribution in [-0.4, -0.2) is 37.0 Å². The number of allylic oxidation sites excluding steroid dienone is 10. The number of aliphatic hydroxyl groups is 1. The molecular formula is C40H70O4. The van der Waals surface area contributed by atoms with Gasteiger partial charge in [0.15, 0.2) is 0 Å². The molecule has 4 heteroatoms. The molecule has 0 aliphatic rings. The van der Waals surface area contributed by atoms with Gasteiger partial charge in [-0.05, 0) is 77.0 Å². The number of ether oxygens (including phenoxy) is 2. The largest absolute Gasteiger partial charge is 0.457 e. The Hall–Kier alpha value is -1.91. The summed E-state index contributed by atoms with van der Waals surface area (Å²) in [5.41, 5.74) is 0. The minimum Gasteiger partial charge on any atom is -0.457 e. The van der Waals surface area contributed by atoms with Gasteiger partial charge in [0.2, 0.25) is 0 Å².